The smallest absolute Gasteiger partial charge is 0.409 e. The molecule has 2 aromatic rings. The van der Waals surface area contributed by atoms with Crippen LogP contribution in [0.5, 0.6) is 0 Å². The first-order chi connectivity index (χ1) is 13.9. The molecule has 29 heavy (non-hydrogen) atoms. The van der Waals surface area contributed by atoms with Gasteiger partial charge in [0.1, 0.15) is 5.56 Å². The van der Waals surface area contributed by atoms with Crippen molar-refractivity contribution in [2.75, 3.05) is 32.8 Å². The average Bonchev–Trinajstić information content (AvgIpc) is 2.74. The van der Waals surface area contributed by atoms with E-state index in [0.717, 1.165) is 5.56 Å². The number of benzene rings is 1. The van der Waals surface area contributed by atoms with Gasteiger partial charge in [0, 0.05) is 32.4 Å². The zero-order valence-electron chi connectivity index (χ0n) is 17.1. The van der Waals surface area contributed by atoms with Gasteiger partial charge in [-0.3, -0.25) is 9.59 Å². The predicted molar refractivity (Wildman–Crippen MR) is 110 cm³/mol. The summed E-state index contributed by atoms with van der Waals surface area (Å²) in [6, 6.07) is 11.3. The Labute approximate surface area is 170 Å². The third kappa shape index (κ3) is 4.34. The van der Waals surface area contributed by atoms with Gasteiger partial charge in [-0.25, -0.2) is 4.79 Å². The second kappa shape index (κ2) is 8.94. The van der Waals surface area contributed by atoms with Gasteiger partial charge in [0.15, 0.2) is 0 Å². The van der Waals surface area contributed by atoms with Crippen molar-refractivity contribution in [3.8, 4) is 0 Å². The Morgan fingerprint density at radius 1 is 1.03 bits per heavy atom. The molecule has 154 valence electrons. The van der Waals surface area contributed by atoms with Gasteiger partial charge in [-0.15, -0.1) is 0 Å². The molecule has 1 aromatic heterocycles. The molecule has 7 heteroatoms. The lowest BCUT2D eigenvalue weighted by Crippen LogP contribution is -2.51. The molecule has 3 rings (SSSR count). The number of aryl methyl sites for hydroxylation is 1. The number of rotatable bonds is 4. The SMILES string of the molecule is CCOC(=O)N1CCN(C(=O)c2c(C)ccn(C(C)c3ccccc3)c2=O)CC1. The third-order valence-corrected chi connectivity index (χ3v) is 5.33. The highest BCUT2D eigenvalue weighted by Crippen LogP contribution is 2.17. The van der Waals surface area contributed by atoms with Crippen molar-refractivity contribution in [3.63, 3.8) is 0 Å². The molecule has 1 unspecified atom stereocenters. The fourth-order valence-electron chi connectivity index (χ4n) is 3.56. The molecule has 0 spiro atoms. The average molecular weight is 397 g/mol. The van der Waals surface area contributed by atoms with Crippen LogP contribution in [0.1, 0.15) is 41.4 Å². The first-order valence-electron chi connectivity index (χ1n) is 9.91. The van der Waals surface area contributed by atoms with Crippen molar-refractivity contribution in [2.45, 2.75) is 26.8 Å². The van der Waals surface area contributed by atoms with Gasteiger partial charge in [0.05, 0.1) is 12.6 Å². The maximum Gasteiger partial charge on any atom is 0.409 e. The molecule has 7 nitrogen and oxygen atoms in total. The molecule has 1 aliphatic heterocycles. The molecule has 1 atom stereocenters. The first kappa shape index (κ1) is 20.6. The fourth-order valence-corrected chi connectivity index (χ4v) is 3.56. The number of hydrogen-bond acceptors (Lipinski definition) is 4. The van der Waals surface area contributed by atoms with E-state index in [0.29, 0.717) is 38.3 Å². The Balaban J connectivity index is 1.81. The molecule has 0 bridgehead atoms. The number of amides is 2. The predicted octanol–water partition coefficient (Wildman–Crippen LogP) is 2.68. The second-order valence-electron chi connectivity index (χ2n) is 7.15. The molecular weight excluding hydrogens is 370 g/mol. The minimum atomic E-state index is -0.366. The van der Waals surface area contributed by atoms with Crippen LogP contribution in [0, 0.1) is 6.92 Å². The van der Waals surface area contributed by atoms with E-state index in [-0.39, 0.29) is 29.2 Å². The van der Waals surface area contributed by atoms with Crippen molar-refractivity contribution in [2.24, 2.45) is 0 Å². The number of aromatic nitrogens is 1. The van der Waals surface area contributed by atoms with E-state index in [4.69, 9.17) is 4.74 Å². The molecular formula is C22H27N3O4. The lowest BCUT2D eigenvalue weighted by Gasteiger charge is -2.34. The summed E-state index contributed by atoms with van der Waals surface area (Å²) in [5.41, 5.74) is 1.56. The minimum Gasteiger partial charge on any atom is -0.450 e. The van der Waals surface area contributed by atoms with Crippen LogP contribution in [-0.2, 0) is 4.74 Å². The molecule has 2 amide bonds. The van der Waals surface area contributed by atoms with Crippen LogP contribution in [0.3, 0.4) is 0 Å². The maximum absolute atomic E-state index is 13.2. The number of hydrogen-bond donors (Lipinski definition) is 0. The first-order valence-corrected chi connectivity index (χ1v) is 9.91. The van der Waals surface area contributed by atoms with Crippen molar-refractivity contribution in [1.29, 1.82) is 0 Å². The highest BCUT2D eigenvalue weighted by molar-refractivity contribution is 5.95. The molecule has 1 saturated heterocycles. The lowest BCUT2D eigenvalue weighted by molar-refractivity contribution is 0.0568. The van der Waals surface area contributed by atoms with Crippen LogP contribution in [0.2, 0.25) is 0 Å². The number of pyridine rings is 1. The summed E-state index contributed by atoms with van der Waals surface area (Å²) in [7, 11) is 0. The zero-order valence-corrected chi connectivity index (χ0v) is 17.1. The zero-order chi connectivity index (χ0) is 21.0. The maximum atomic E-state index is 13.2. The molecule has 1 fully saturated rings. The quantitative estimate of drug-likeness (QED) is 0.795. The summed E-state index contributed by atoms with van der Waals surface area (Å²) < 4.78 is 6.62. The van der Waals surface area contributed by atoms with Crippen molar-refractivity contribution in [3.05, 3.63) is 69.6 Å². The summed E-state index contributed by atoms with van der Waals surface area (Å²) in [4.78, 5) is 41.4. The molecule has 2 heterocycles. The highest BCUT2D eigenvalue weighted by Gasteiger charge is 2.28. The van der Waals surface area contributed by atoms with E-state index in [1.54, 1.807) is 34.4 Å². The van der Waals surface area contributed by atoms with Gasteiger partial charge < -0.3 is 19.1 Å². The topological polar surface area (TPSA) is 71.8 Å². The van der Waals surface area contributed by atoms with Crippen LogP contribution in [0.4, 0.5) is 4.79 Å². The standard InChI is InChI=1S/C22H27N3O4/c1-4-29-22(28)24-14-12-23(13-15-24)20(26)19-16(2)10-11-25(21(19)27)17(3)18-8-6-5-7-9-18/h5-11,17H,4,12-15H2,1-3H3. The van der Waals surface area contributed by atoms with Gasteiger partial charge >= 0.3 is 6.09 Å². The number of carbonyl (C=O) groups is 2. The number of carbonyl (C=O) groups excluding carboxylic acids is 2. The largest absolute Gasteiger partial charge is 0.450 e. The molecule has 0 radical (unpaired) electrons. The Bertz CT molecular complexity index is 931. The van der Waals surface area contributed by atoms with E-state index in [2.05, 4.69) is 0 Å². The third-order valence-electron chi connectivity index (χ3n) is 5.33. The Kier molecular flexibility index (Phi) is 6.36. The van der Waals surface area contributed by atoms with E-state index >= 15 is 0 Å². The number of piperazine rings is 1. The lowest BCUT2D eigenvalue weighted by atomic mass is 10.1. The molecule has 0 saturated carbocycles. The molecule has 1 aliphatic rings. The molecule has 0 aliphatic carbocycles. The van der Waals surface area contributed by atoms with Gasteiger partial charge in [-0.1, -0.05) is 30.3 Å². The van der Waals surface area contributed by atoms with Crippen molar-refractivity contribution in [1.82, 2.24) is 14.4 Å². The minimum absolute atomic E-state index is 0.184. The van der Waals surface area contributed by atoms with Gasteiger partial charge in [0.2, 0.25) is 0 Å². The summed E-state index contributed by atoms with van der Waals surface area (Å²) in [5, 5.41) is 0. The van der Waals surface area contributed by atoms with Gasteiger partial charge in [-0.2, -0.15) is 0 Å². The summed E-state index contributed by atoms with van der Waals surface area (Å²) in [6.45, 7) is 7.34. The van der Waals surface area contributed by atoms with Gasteiger partial charge in [-0.05, 0) is 38.0 Å². The van der Waals surface area contributed by atoms with E-state index in [9.17, 15) is 14.4 Å². The summed E-state index contributed by atoms with van der Waals surface area (Å²) >= 11 is 0. The van der Waals surface area contributed by atoms with Crippen LogP contribution in [0.25, 0.3) is 0 Å². The van der Waals surface area contributed by atoms with Crippen LogP contribution in [-0.4, -0.2) is 59.2 Å². The van der Waals surface area contributed by atoms with Crippen LogP contribution >= 0.6 is 0 Å². The Morgan fingerprint density at radius 2 is 1.66 bits per heavy atom. The summed E-state index contributed by atoms with van der Waals surface area (Å²) in [5.74, 6) is -0.286. The van der Waals surface area contributed by atoms with Crippen LogP contribution < -0.4 is 5.56 Å². The van der Waals surface area contributed by atoms with Crippen molar-refractivity contribution < 1.29 is 14.3 Å². The highest BCUT2D eigenvalue weighted by atomic mass is 16.6. The number of ether oxygens (including phenoxy) is 1. The van der Waals surface area contributed by atoms with Gasteiger partial charge in [0.25, 0.3) is 11.5 Å². The molecule has 0 N–H and O–H groups in total. The van der Waals surface area contributed by atoms with Crippen LogP contribution in [0.15, 0.2) is 47.4 Å². The van der Waals surface area contributed by atoms with Crippen molar-refractivity contribution >= 4 is 12.0 Å². The second-order valence-corrected chi connectivity index (χ2v) is 7.15. The monoisotopic (exact) mass is 397 g/mol. The van der Waals surface area contributed by atoms with E-state index in [1.807, 2.05) is 43.3 Å². The normalized spacial score (nSPS) is 15.1. The Hall–Kier alpha value is -3.09. The number of nitrogens with zero attached hydrogens (tertiary/aromatic N) is 3. The fraction of sp³-hybridized carbons (Fsp3) is 0.409. The van der Waals surface area contributed by atoms with E-state index < -0.39 is 0 Å². The Morgan fingerprint density at radius 3 is 2.28 bits per heavy atom. The molecule has 1 aromatic carbocycles. The van der Waals surface area contributed by atoms with E-state index in [1.165, 1.54) is 0 Å². The summed E-state index contributed by atoms with van der Waals surface area (Å²) in [6.07, 6.45) is 1.37.